The predicted molar refractivity (Wildman–Crippen MR) is 117 cm³/mol. The van der Waals surface area contributed by atoms with E-state index in [0.29, 0.717) is 5.56 Å². The first kappa shape index (κ1) is 18.0. The molecule has 132 valence electrons. The molecule has 0 N–H and O–H groups in total. The topological polar surface area (TPSA) is 20.3 Å². The van der Waals surface area contributed by atoms with E-state index in [-0.39, 0.29) is 5.91 Å². The third-order valence-electron chi connectivity index (χ3n) is 4.72. The molecule has 0 atom stereocenters. The minimum absolute atomic E-state index is 0.00791. The van der Waals surface area contributed by atoms with Gasteiger partial charge in [0.05, 0.1) is 16.1 Å². The van der Waals surface area contributed by atoms with Crippen LogP contribution in [-0.4, -0.2) is 5.91 Å². The maximum absolute atomic E-state index is 13.5. The molecule has 4 rings (SSSR count). The number of aryl methyl sites for hydroxylation is 1. The van der Waals surface area contributed by atoms with E-state index in [1.807, 2.05) is 48.2 Å². The van der Waals surface area contributed by atoms with Crippen molar-refractivity contribution in [1.82, 2.24) is 0 Å². The van der Waals surface area contributed by atoms with Gasteiger partial charge in [-0.25, -0.2) is 0 Å². The number of benzene rings is 2. The quantitative estimate of drug-likeness (QED) is 0.282. The Bertz CT molecular complexity index is 1080. The van der Waals surface area contributed by atoms with E-state index in [0.717, 1.165) is 35.6 Å². The molecular formula is C20H16BrNOS3. The Labute approximate surface area is 173 Å². The lowest BCUT2D eigenvalue weighted by Crippen LogP contribution is -2.47. The highest BCUT2D eigenvalue weighted by Gasteiger charge is 2.43. The maximum Gasteiger partial charge on any atom is 0.259 e. The number of rotatable bonds is 1. The third-order valence-corrected chi connectivity index (χ3v) is 8.54. The summed E-state index contributed by atoms with van der Waals surface area (Å²) in [6.07, 6.45) is 0. The molecule has 1 amide bonds. The Kier molecular flexibility index (Phi) is 4.42. The molecule has 0 fully saturated rings. The highest BCUT2D eigenvalue weighted by molar-refractivity contribution is 9.10. The Morgan fingerprint density at radius 1 is 1.12 bits per heavy atom. The first-order chi connectivity index (χ1) is 12.3. The van der Waals surface area contributed by atoms with Gasteiger partial charge in [-0.2, -0.15) is 0 Å². The number of hydrogen-bond donors (Lipinski definition) is 0. The molecule has 0 unspecified atom stereocenters. The molecule has 26 heavy (non-hydrogen) atoms. The molecule has 0 spiro atoms. The lowest BCUT2D eigenvalue weighted by molar-refractivity contribution is 0.0961. The zero-order valence-electron chi connectivity index (χ0n) is 14.5. The summed E-state index contributed by atoms with van der Waals surface area (Å²) >= 11 is 9.18. The summed E-state index contributed by atoms with van der Waals surface area (Å²) < 4.78 is 1.87. The van der Waals surface area contributed by atoms with Gasteiger partial charge in [0.2, 0.25) is 0 Å². The van der Waals surface area contributed by atoms with Gasteiger partial charge in [-0.15, -0.1) is 0 Å². The second-order valence-electron chi connectivity index (χ2n) is 6.89. The average Bonchev–Trinajstić information content (AvgIpc) is 2.99. The molecule has 1 aliphatic rings. The van der Waals surface area contributed by atoms with Crippen molar-refractivity contribution in [2.45, 2.75) is 26.3 Å². The van der Waals surface area contributed by atoms with E-state index < -0.39 is 5.54 Å². The summed E-state index contributed by atoms with van der Waals surface area (Å²) in [6.45, 7) is 6.22. The zero-order valence-corrected chi connectivity index (χ0v) is 18.5. The fourth-order valence-corrected chi connectivity index (χ4v) is 7.03. The maximum atomic E-state index is 13.5. The second kappa shape index (κ2) is 6.37. The largest absolute Gasteiger partial charge is 0.297 e. The van der Waals surface area contributed by atoms with Crippen molar-refractivity contribution in [3.63, 3.8) is 0 Å². The van der Waals surface area contributed by atoms with Gasteiger partial charge in [-0.3, -0.25) is 9.69 Å². The molecular weight excluding hydrogens is 446 g/mol. The summed E-state index contributed by atoms with van der Waals surface area (Å²) in [6, 6.07) is 13.8. The van der Waals surface area contributed by atoms with E-state index in [2.05, 4.69) is 35.8 Å². The molecule has 1 aromatic heterocycles. The van der Waals surface area contributed by atoms with Gasteiger partial charge >= 0.3 is 0 Å². The molecule has 0 bridgehead atoms. The van der Waals surface area contributed by atoms with Gasteiger partial charge in [0.25, 0.3) is 5.91 Å². The van der Waals surface area contributed by atoms with Crippen LogP contribution in [0.4, 0.5) is 5.69 Å². The van der Waals surface area contributed by atoms with Gasteiger partial charge in [-0.1, -0.05) is 66.5 Å². The van der Waals surface area contributed by atoms with E-state index in [4.69, 9.17) is 12.2 Å². The molecule has 3 aromatic rings. The number of anilines is 1. The minimum atomic E-state index is -0.462. The number of fused-ring (bicyclic) bond motifs is 3. The van der Waals surface area contributed by atoms with Crippen LogP contribution in [0.15, 0.2) is 46.9 Å². The normalized spacial score (nSPS) is 14.7. The molecule has 0 radical (unpaired) electrons. The van der Waals surface area contributed by atoms with Gasteiger partial charge < -0.3 is 0 Å². The van der Waals surface area contributed by atoms with Crippen molar-refractivity contribution in [3.05, 3.63) is 66.8 Å². The Balaban J connectivity index is 1.97. The van der Waals surface area contributed by atoms with Crippen LogP contribution < -0.4 is 4.90 Å². The van der Waals surface area contributed by atoms with Crippen LogP contribution >= 0.6 is 48.8 Å². The highest BCUT2D eigenvalue weighted by Crippen LogP contribution is 2.52. The summed E-state index contributed by atoms with van der Waals surface area (Å²) in [5.74, 6) is 0.00791. The van der Waals surface area contributed by atoms with Crippen LogP contribution in [0.25, 0.3) is 11.1 Å². The molecule has 2 nitrogen and oxygen atoms in total. The van der Waals surface area contributed by atoms with Crippen LogP contribution in [0.1, 0.15) is 34.6 Å². The Hall–Kier alpha value is -1.34. The van der Waals surface area contributed by atoms with Crippen molar-refractivity contribution in [2.24, 2.45) is 0 Å². The van der Waals surface area contributed by atoms with E-state index in [1.54, 1.807) is 20.7 Å². The van der Waals surface area contributed by atoms with Crippen molar-refractivity contribution >= 4 is 60.4 Å². The van der Waals surface area contributed by atoms with Crippen molar-refractivity contribution in [2.75, 3.05) is 4.90 Å². The lowest BCUT2D eigenvalue weighted by atomic mass is 9.87. The standard InChI is InChI=1S/C20H16BrNOS3/c1-11-4-6-12(7-5-11)18(23)22-15-9-8-13(21)10-14(15)16-17(20(22,2)3)25-26-19(16)24/h4-10H,1-3H3. The highest BCUT2D eigenvalue weighted by atomic mass is 79.9. The number of carbonyl (C=O) groups is 1. The molecule has 0 saturated carbocycles. The smallest absolute Gasteiger partial charge is 0.259 e. The number of hydrogen-bond acceptors (Lipinski definition) is 4. The van der Waals surface area contributed by atoms with Crippen molar-refractivity contribution < 1.29 is 4.79 Å². The summed E-state index contributed by atoms with van der Waals surface area (Å²) in [7, 11) is 3.28. The van der Waals surface area contributed by atoms with Crippen LogP contribution in [0.3, 0.4) is 0 Å². The summed E-state index contributed by atoms with van der Waals surface area (Å²) in [5, 5.41) is 0. The number of carbonyl (C=O) groups excluding carboxylic acids is 1. The van der Waals surface area contributed by atoms with Gasteiger partial charge in [-0.05, 0) is 51.1 Å². The van der Waals surface area contributed by atoms with Crippen LogP contribution in [0.2, 0.25) is 0 Å². The number of halogens is 1. The Morgan fingerprint density at radius 3 is 2.50 bits per heavy atom. The third kappa shape index (κ3) is 2.71. The molecule has 2 aromatic carbocycles. The van der Waals surface area contributed by atoms with Crippen molar-refractivity contribution in [3.8, 4) is 11.1 Å². The lowest BCUT2D eigenvalue weighted by Gasteiger charge is -2.43. The second-order valence-corrected chi connectivity index (χ2v) is 10.6. The SMILES string of the molecule is Cc1ccc(C(=O)N2c3ccc(Br)cc3-c3c(ssc3=S)C2(C)C)cc1. The fraction of sp³-hybridized carbons (Fsp3) is 0.200. The molecule has 0 saturated heterocycles. The summed E-state index contributed by atoms with van der Waals surface area (Å²) in [4.78, 5) is 16.6. The molecule has 1 aliphatic heterocycles. The van der Waals surface area contributed by atoms with Crippen LogP contribution in [0.5, 0.6) is 0 Å². The summed E-state index contributed by atoms with van der Waals surface area (Å²) in [5.41, 5.74) is 4.41. The first-order valence-electron chi connectivity index (χ1n) is 8.15. The first-order valence-corrected chi connectivity index (χ1v) is 11.5. The average molecular weight is 462 g/mol. The van der Waals surface area contributed by atoms with Gasteiger partial charge in [0.1, 0.15) is 3.82 Å². The van der Waals surface area contributed by atoms with Crippen LogP contribution in [0, 0.1) is 10.7 Å². The molecule has 0 aliphatic carbocycles. The van der Waals surface area contributed by atoms with E-state index >= 15 is 0 Å². The van der Waals surface area contributed by atoms with Gasteiger partial charge in [0, 0.05) is 21.2 Å². The van der Waals surface area contributed by atoms with E-state index in [9.17, 15) is 4.79 Å². The monoisotopic (exact) mass is 461 g/mol. The predicted octanol–water partition coefficient (Wildman–Crippen LogP) is 7.17. The van der Waals surface area contributed by atoms with E-state index in [1.165, 1.54) is 0 Å². The fourth-order valence-electron chi connectivity index (χ4n) is 3.39. The number of amides is 1. The van der Waals surface area contributed by atoms with Gasteiger partial charge in [0.15, 0.2) is 0 Å². The Morgan fingerprint density at radius 2 is 1.81 bits per heavy atom. The van der Waals surface area contributed by atoms with Crippen molar-refractivity contribution in [1.29, 1.82) is 0 Å². The van der Waals surface area contributed by atoms with Crippen LogP contribution in [-0.2, 0) is 5.54 Å². The minimum Gasteiger partial charge on any atom is -0.297 e. The number of nitrogens with zero attached hydrogens (tertiary/aromatic N) is 1. The zero-order chi connectivity index (χ0) is 18.6. The molecule has 2 heterocycles. The molecule has 6 heteroatoms.